The van der Waals surface area contributed by atoms with E-state index in [1.54, 1.807) is 0 Å². The van der Waals surface area contributed by atoms with Crippen molar-refractivity contribution in [1.82, 2.24) is 0 Å². The quantitative estimate of drug-likeness (QED) is 0.274. The molecule has 1 aliphatic heterocycles. The summed E-state index contributed by atoms with van der Waals surface area (Å²) in [6.07, 6.45) is 0.465. The van der Waals surface area contributed by atoms with E-state index in [1.807, 2.05) is 12.1 Å². The first-order valence-corrected chi connectivity index (χ1v) is 19.7. The maximum atomic E-state index is 15.1. The highest BCUT2D eigenvalue weighted by Crippen LogP contribution is 2.61. The van der Waals surface area contributed by atoms with Gasteiger partial charge in [-0.1, -0.05) is 149 Å². The second kappa shape index (κ2) is 12.7. The van der Waals surface area contributed by atoms with E-state index in [4.69, 9.17) is 13.6 Å². The Balaban J connectivity index is 1.95. The molecule has 0 atom stereocenters. The van der Waals surface area contributed by atoms with Crippen LogP contribution >= 0.6 is 7.82 Å². The molecule has 0 saturated heterocycles. The molecule has 0 spiro atoms. The third kappa shape index (κ3) is 8.47. The number of hydrogen-bond donors (Lipinski definition) is 1. The molecule has 0 aromatic heterocycles. The van der Waals surface area contributed by atoms with Crippen LogP contribution in [0.25, 0.3) is 11.1 Å². The highest BCUT2D eigenvalue weighted by atomic mass is 31.2. The smallest absolute Gasteiger partial charge is 0.507 e. The molecule has 0 saturated carbocycles. The molecule has 0 fully saturated rings. The van der Waals surface area contributed by atoms with Crippen molar-refractivity contribution in [2.24, 2.45) is 0 Å². The van der Waals surface area contributed by atoms with E-state index in [9.17, 15) is 5.11 Å². The van der Waals surface area contributed by atoms with Crippen molar-refractivity contribution in [2.45, 2.75) is 164 Å². The Morgan fingerprint density at radius 2 is 0.860 bits per heavy atom. The summed E-state index contributed by atoms with van der Waals surface area (Å²) in [5.74, 6) is 1.43. The minimum Gasteiger partial charge on any atom is -0.507 e. The summed E-state index contributed by atoms with van der Waals surface area (Å²) in [5.41, 5.74) is 7.30. The largest absolute Gasteiger partial charge is 0.587 e. The fraction of sp³-hybridized carbons (Fsp3) is 0.591. The highest BCUT2D eigenvalue weighted by Gasteiger charge is 2.42. The highest BCUT2D eigenvalue weighted by molar-refractivity contribution is 7.49. The van der Waals surface area contributed by atoms with Gasteiger partial charge in [-0.3, -0.25) is 4.52 Å². The molecular weight excluding hydrogens is 639 g/mol. The van der Waals surface area contributed by atoms with Crippen LogP contribution in [0, 0.1) is 0 Å². The van der Waals surface area contributed by atoms with Crippen LogP contribution in [-0.4, -0.2) is 11.7 Å². The van der Waals surface area contributed by atoms with Crippen molar-refractivity contribution >= 4 is 7.82 Å². The molecule has 5 nitrogen and oxygen atoms in total. The number of phosphoric acid groups is 1. The van der Waals surface area contributed by atoms with Crippen molar-refractivity contribution in [2.75, 3.05) is 6.61 Å². The molecule has 50 heavy (non-hydrogen) atoms. The Kier molecular flexibility index (Phi) is 10.2. The first-order chi connectivity index (χ1) is 22.3. The monoisotopic (exact) mass is 704 g/mol. The zero-order valence-electron chi connectivity index (χ0n) is 34.4. The van der Waals surface area contributed by atoms with E-state index in [1.165, 1.54) is 11.1 Å². The molecule has 1 N–H and O–H groups in total. The average Bonchev–Trinajstić information content (AvgIpc) is 3.02. The third-order valence-electron chi connectivity index (χ3n) is 9.65. The molecule has 4 rings (SSSR count). The number of fused-ring (bicyclic) bond motifs is 3. The molecular formula is C44H65O5P. The lowest BCUT2D eigenvalue weighted by atomic mass is 9.75. The van der Waals surface area contributed by atoms with Crippen molar-refractivity contribution in [3.05, 3.63) is 75.3 Å². The van der Waals surface area contributed by atoms with Gasteiger partial charge in [-0.25, -0.2) is 4.57 Å². The van der Waals surface area contributed by atoms with Crippen LogP contribution in [0.4, 0.5) is 0 Å². The van der Waals surface area contributed by atoms with Gasteiger partial charge < -0.3 is 14.2 Å². The zero-order chi connectivity index (χ0) is 38.2. The molecule has 1 aliphatic rings. The van der Waals surface area contributed by atoms with Gasteiger partial charge in [0.15, 0.2) is 0 Å². The summed E-state index contributed by atoms with van der Waals surface area (Å²) in [6, 6.07) is 12.9. The fourth-order valence-electron chi connectivity index (χ4n) is 6.39. The molecule has 0 aliphatic carbocycles. The van der Waals surface area contributed by atoms with Gasteiger partial charge in [-0.15, -0.1) is 0 Å². The van der Waals surface area contributed by atoms with Crippen LogP contribution < -0.4 is 9.05 Å². The first-order valence-electron chi connectivity index (χ1n) is 18.2. The van der Waals surface area contributed by atoms with E-state index in [2.05, 4.69) is 149 Å². The Morgan fingerprint density at radius 1 is 0.520 bits per heavy atom. The number of phosphoric ester groups is 1. The molecule has 1 heterocycles. The maximum Gasteiger partial charge on any atom is 0.587 e. The number of aromatic hydroxyl groups is 1. The number of benzene rings is 3. The van der Waals surface area contributed by atoms with E-state index < -0.39 is 7.82 Å². The van der Waals surface area contributed by atoms with Crippen LogP contribution in [0.1, 0.15) is 164 Å². The van der Waals surface area contributed by atoms with Gasteiger partial charge in [-0.05, 0) is 78.9 Å². The van der Waals surface area contributed by atoms with E-state index >= 15 is 4.57 Å². The Bertz CT molecular complexity index is 1680. The van der Waals surface area contributed by atoms with E-state index in [-0.39, 0.29) is 39.1 Å². The summed E-state index contributed by atoms with van der Waals surface area (Å²) < 4.78 is 34.7. The summed E-state index contributed by atoms with van der Waals surface area (Å²) >= 11 is 0. The lowest BCUT2D eigenvalue weighted by Crippen LogP contribution is -2.19. The molecule has 0 unspecified atom stereocenters. The minimum absolute atomic E-state index is 0.107. The molecule has 0 radical (unpaired) electrons. The SMILES string of the molecule is CC(C)(C)c1cc2c(c(C(C)(C)C)c1)OP(=O)(OCCc1cc(C(C)(C)C)c(O)c(C(C)(C)C)c1)Oc1c-2cc(C(C)(C)C)cc1C(C)(C)C. The van der Waals surface area contributed by atoms with Gasteiger partial charge in [0.1, 0.15) is 17.2 Å². The van der Waals surface area contributed by atoms with Crippen LogP contribution in [0.15, 0.2) is 36.4 Å². The minimum atomic E-state index is -4.21. The van der Waals surface area contributed by atoms with Gasteiger partial charge in [0, 0.05) is 22.3 Å². The lowest BCUT2D eigenvalue weighted by molar-refractivity contribution is 0.211. The molecule has 3 aromatic rings. The summed E-state index contributed by atoms with van der Waals surface area (Å²) in [7, 11) is -4.21. The summed E-state index contributed by atoms with van der Waals surface area (Å²) in [4.78, 5) is 0. The predicted octanol–water partition coefficient (Wildman–Crippen LogP) is 13.0. The second-order valence-electron chi connectivity index (χ2n) is 20.6. The van der Waals surface area contributed by atoms with Crippen molar-refractivity contribution in [3.63, 3.8) is 0 Å². The maximum absolute atomic E-state index is 15.1. The van der Waals surface area contributed by atoms with Gasteiger partial charge >= 0.3 is 7.82 Å². The topological polar surface area (TPSA) is 65.0 Å². The number of rotatable bonds is 4. The molecule has 3 aromatic carbocycles. The number of phenolic OH excluding ortho intramolecular Hbond substituents is 1. The fourth-order valence-corrected chi connectivity index (χ4v) is 7.69. The normalized spacial score (nSPS) is 15.5. The van der Waals surface area contributed by atoms with Gasteiger partial charge in [-0.2, -0.15) is 0 Å². The number of hydrogen-bond acceptors (Lipinski definition) is 5. The Hall–Kier alpha value is -2.75. The standard InChI is InChI=1S/C44H65O5P/c1-39(2,3)28-23-30-31-24-29(40(4,5)6)26-35(44(16,17)18)38(31)49-50(46,48-37(30)34(25-28)43(13,14)15)47-20-19-27-21-32(41(7,8)9)36(45)33(22-27)42(10,11)12/h21-26,45H,19-20H2,1-18H3. The van der Waals surface area contributed by atoms with Crippen molar-refractivity contribution in [1.29, 1.82) is 0 Å². The van der Waals surface area contributed by atoms with Crippen molar-refractivity contribution < 1.29 is 23.2 Å². The van der Waals surface area contributed by atoms with Crippen LogP contribution in [0.5, 0.6) is 17.2 Å². The van der Waals surface area contributed by atoms with Gasteiger partial charge in [0.25, 0.3) is 0 Å². The lowest BCUT2D eigenvalue weighted by Gasteiger charge is -2.30. The average molecular weight is 705 g/mol. The summed E-state index contributed by atoms with van der Waals surface area (Å²) in [5, 5.41) is 11.3. The van der Waals surface area contributed by atoms with Crippen LogP contribution in [0.3, 0.4) is 0 Å². The van der Waals surface area contributed by atoms with Crippen LogP contribution in [0.2, 0.25) is 0 Å². The number of phenols is 1. The molecule has 0 bridgehead atoms. The Labute approximate surface area is 304 Å². The van der Waals surface area contributed by atoms with E-state index in [0.29, 0.717) is 23.7 Å². The van der Waals surface area contributed by atoms with Gasteiger partial charge in [0.2, 0.25) is 0 Å². The van der Waals surface area contributed by atoms with Crippen LogP contribution in [-0.2, 0) is 48.0 Å². The first kappa shape index (κ1) is 40.0. The molecule has 276 valence electrons. The third-order valence-corrected chi connectivity index (χ3v) is 11.0. The van der Waals surface area contributed by atoms with Gasteiger partial charge in [0.05, 0.1) is 6.61 Å². The molecule has 0 amide bonds. The van der Waals surface area contributed by atoms with Crippen molar-refractivity contribution in [3.8, 4) is 28.4 Å². The summed E-state index contributed by atoms with van der Waals surface area (Å²) in [6.45, 7) is 39.0. The predicted molar refractivity (Wildman–Crippen MR) is 211 cm³/mol. The van der Waals surface area contributed by atoms with E-state index in [0.717, 1.165) is 38.9 Å². The Morgan fingerprint density at radius 3 is 1.16 bits per heavy atom. The second-order valence-corrected chi connectivity index (χ2v) is 22.1. The molecule has 6 heteroatoms. The zero-order valence-corrected chi connectivity index (χ0v) is 35.3.